The fraction of sp³-hybridized carbons (Fsp3) is 0.364. The van der Waals surface area contributed by atoms with Crippen molar-refractivity contribution < 1.29 is 18.8 Å². The van der Waals surface area contributed by atoms with Crippen LogP contribution in [0.15, 0.2) is 47.0 Å². The highest BCUT2D eigenvalue weighted by molar-refractivity contribution is 5.92. The molecule has 1 saturated heterocycles. The number of benzene rings is 2. The fourth-order valence-corrected chi connectivity index (χ4v) is 3.44. The van der Waals surface area contributed by atoms with Gasteiger partial charge in [0.25, 0.3) is 0 Å². The van der Waals surface area contributed by atoms with Crippen LogP contribution in [-0.2, 0) is 17.7 Å². The van der Waals surface area contributed by atoms with Gasteiger partial charge in [0.05, 0.1) is 20.3 Å². The number of hydrogen-bond acceptors (Lipinski definition) is 6. The van der Waals surface area contributed by atoms with Crippen LogP contribution in [0.3, 0.4) is 0 Å². The predicted molar refractivity (Wildman–Crippen MR) is 114 cm³/mol. The molecule has 2 amide bonds. The molecule has 1 aliphatic heterocycles. The second-order valence-corrected chi connectivity index (χ2v) is 7.21. The van der Waals surface area contributed by atoms with E-state index in [0.29, 0.717) is 24.4 Å². The molecule has 0 spiro atoms. The number of morpholine rings is 1. The van der Waals surface area contributed by atoms with E-state index in [1.54, 1.807) is 7.11 Å². The highest BCUT2D eigenvalue weighted by Gasteiger charge is 2.16. The SMILES string of the molecule is COc1ccc(CCNC(=O)Nc2ccc3onc(CN4CCOCC4)c3c2)cc1. The number of carbonyl (C=O) groups excluding carboxylic acids is 1. The van der Waals surface area contributed by atoms with Gasteiger partial charge in [0, 0.05) is 37.3 Å². The van der Waals surface area contributed by atoms with Crippen molar-refractivity contribution in [3.05, 3.63) is 53.7 Å². The molecule has 0 bridgehead atoms. The Morgan fingerprint density at radius 1 is 1.17 bits per heavy atom. The summed E-state index contributed by atoms with van der Waals surface area (Å²) in [5, 5.41) is 10.9. The number of anilines is 1. The summed E-state index contributed by atoms with van der Waals surface area (Å²) in [7, 11) is 1.64. The minimum absolute atomic E-state index is 0.242. The van der Waals surface area contributed by atoms with Crippen molar-refractivity contribution in [2.45, 2.75) is 13.0 Å². The summed E-state index contributed by atoms with van der Waals surface area (Å²) >= 11 is 0. The van der Waals surface area contributed by atoms with E-state index in [9.17, 15) is 4.79 Å². The van der Waals surface area contributed by atoms with Crippen LogP contribution in [0.25, 0.3) is 11.0 Å². The van der Waals surface area contributed by atoms with Gasteiger partial charge in [-0.05, 0) is 42.3 Å². The lowest BCUT2D eigenvalue weighted by Gasteiger charge is -2.25. The molecule has 3 aromatic rings. The third kappa shape index (κ3) is 5.08. The molecule has 2 heterocycles. The lowest BCUT2D eigenvalue weighted by atomic mass is 10.1. The molecule has 2 N–H and O–H groups in total. The molecular weight excluding hydrogens is 384 g/mol. The van der Waals surface area contributed by atoms with Crippen LogP contribution in [-0.4, -0.2) is 56.0 Å². The zero-order valence-corrected chi connectivity index (χ0v) is 17.0. The van der Waals surface area contributed by atoms with Gasteiger partial charge in [0.15, 0.2) is 5.58 Å². The van der Waals surface area contributed by atoms with Gasteiger partial charge in [-0.3, -0.25) is 4.90 Å². The molecule has 1 aliphatic rings. The maximum absolute atomic E-state index is 12.3. The van der Waals surface area contributed by atoms with Gasteiger partial charge in [0.1, 0.15) is 11.4 Å². The molecule has 0 unspecified atom stereocenters. The standard InChI is InChI=1S/C22H26N4O4/c1-28-18-5-2-16(3-6-18)8-9-23-22(27)24-17-4-7-21-19(14-17)20(25-30-21)15-26-10-12-29-13-11-26/h2-7,14H,8-13,15H2,1H3,(H2,23,24,27). The monoisotopic (exact) mass is 410 g/mol. The lowest BCUT2D eigenvalue weighted by Crippen LogP contribution is -2.35. The highest BCUT2D eigenvalue weighted by atomic mass is 16.5. The molecule has 1 aromatic heterocycles. The molecule has 8 nitrogen and oxygen atoms in total. The lowest BCUT2D eigenvalue weighted by molar-refractivity contribution is 0.0334. The smallest absolute Gasteiger partial charge is 0.319 e. The number of hydrogen-bond donors (Lipinski definition) is 2. The number of fused-ring (bicyclic) bond motifs is 1. The Morgan fingerprint density at radius 3 is 2.73 bits per heavy atom. The minimum Gasteiger partial charge on any atom is -0.497 e. The Bertz CT molecular complexity index is 980. The van der Waals surface area contributed by atoms with Crippen LogP contribution in [0.5, 0.6) is 5.75 Å². The van der Waals surface area contributed by atoms with E-state index in [2.05, 4.69) is 20.7 Å². The van der Waals surface area contributed by atoms with Gasteiger partial charge in [-0.25, -0.2) is 4.79 Å². The Labute approximate surface area is 175 Å². The van der Waals surface area contributed by atoms with Crippen molar-refractivity contribution >= 4 is 22.7 Å². The summed E-state index contributed by atoms with van der Waals surface area (Å²) in [6.45, 7) is 4.47. The maximum Gasteiger partial charge on any atom is 0.319 e. The topological polar surface area (TPSA) is 88.9 Å². The third-order valence-corrected chi connectivity index (χ3v) is 5.14. The summed E-state index contributed by atoms with van der Waals surface area (Å²) in [5.41, 5.74) is 3.42. The molecule has 0 aliphatic carbocycles. The van der Waals surface area contributed by atoms with Crippen molar-refractivity contribution in [1.82, 2.24) is 15.4 Å². The van der Waals surface area contributed by atoms with Crippen molar-refractivity contribution in [2.24, 2.45) is 0 Å². The molecule has 4 rings (SSSR count). The molecule has 2 aromatic carbocycles. The van der Waals surface area contributed by atoms with Crippen molar-refractivity contribution in [1.29, 1.82) is 0 Å². The summed E-state index contributed by atoms with van der Waals surface area (Å²) in [6, 6.07) is 13.1. The van der Waals surface area contributed by atoms with E-state index in [0.717, 1.165) is 55.1 Å². The average Bonchev–Trinajstić information content (AvgIpc) is 3.17. The largest absolute Gasteiger partial charge is 0.497 e. The number of nitrogens with one attached hydrogen (secondary N) is 2. The number of rotatable bonds is 7. The van der Waals surface area contributed by atoms with E-state index in [-0.39, 0.29) is 6.03 Å². The number of nitrogens with zero attached hydrogens (tertiary/aromatic N) is 2. The summed E-state index contributed by atoms with van der Waals surface area (Å²) in [5.74, 6) is 0.821. The van der Waals surface area contributed by atoms with Crippen LogP contribution in [0.4, 0.5) is 10.5 Å². The van der Waals surface area contributed by atoms with Gasteiger partial charge >= 0.3 is 6.03 Å². The highest BCUT2D eigenvalue weighted by Crippen LogP contribution is 2.24. The second kappa shape index (κ2) is 9.60. The Hall–Kier alpha value is -3.10. The molecule has 158 valence electrons. The molecule has 8 heteroatoms. The van der Waals surface area contributed by atoms with Crippen LogP contribution in [0, 0.1) is 0 Å². The first-order valence-corrected chi connectivity index (χ1v) is 10.1. The van der Waals surface area contributed by atoms with E-state index in [1.165, 1.54) is 0 Å². The molecule has 0 radical (unpaired) electrons. The van der Waals surface area contributed by atoms with E-state index < -0.39 is 0 Å². The quantitative estimate of drug-likeness (QED) is 0.622. The number of methoxy groups -OCH3 is 1. The summed E-state index contributed by atoms with van der Waals surface area (Å²) < 4.78 is 16.0. The molecular formula is C22H26N4O4. The second-order valence-electron chi connectivity index (χ2n) is 7.21. The predicted octanol–water partition coefficient (Wildman–Crippen LogP) is 3.03. The number of urea groups is 1. The van der Waals surface area contributed by atoms with Gasteiger partial charge in [-0.15, -0.1) is 0 Å². The maximum atomic E-state index is 12.3. The number of aromatic nitrogens is 1. The zero-order valence-electron chi connectivity index (χ0n) is 17.0. The van der Waals surface area contributed by atoms with Crippen molar-refractivity contribution in [3.63, 3.8) is 0 Å². The van der Waals surface area contributed by atoms with E-state index in [4.69, 9.17) is 14.0 Å². The Balaban J connectivity index is 1.32. The third-order valence-electron chi connectivity index (χ3n) is 5.14. The first-order chi connectivity index (χ1) is 14.7. The van der Waals surface area contributed by atoms with Gasteiger partial charge < -0.3 is 24.6 Å². The Kier molecular flexibility index (Phi) is 6.46. The normalized spacial score (nSPS) is 14.6. The van der Waals surface area contributed by atoms with Gasteiger partial charge in [-0.2, -0.15) is 0 Å². The van der Waals surface area contributed by atoms with E-state index in [1.807, 2.05) is 42.5 Å². The van der Waals surface area contributed by atoms with Crippen LogP contribution >= 0.6 is 0 Å². The minimum atomic E-state index is -0.242. The molecule has 30 heavy (non-hydrogen) atoms. The fourth-order valence-electron chi connectivity index (χ4n) is 3.44. The number of ether oxygens (including phenoxy) is 2. The average molecular weight is 410 g/mol. The zero-order chi connectivity index (χ0) is 20.8. The van der Waals surface area contributed by atoms with Crippen LogP contribution in [0.2, 0.25) is 0 Å². The van der Waals surface area contributed by atoms with Crippen molar-refractivity contribution in [2.75, 3.05) is 45.3 Å². The summed E-state index contributed by atoms with van der Waals surface area (Å²) in [4.78, 5) is 14.6. The van der Waals surface area contributed by atoms with Crippen molar-refractivity contribution in [3.8, 4) is 5.75 Å². The van der Waals surface area contributed by atoms with E-state index >= 15 is 0 Å². The first kappa shape index (κ1) is 20.2. The van der Waals surface area contributed by atoms with Gasteiger partial charge in [0.2, 0.25) is 0 Å². The van der Waals surface area contributed by atoms with Gasteiger partial charge in [-0.1, -0.05) is 17.3 Å². The molecule has 0 atom stereocenters. The Morgan fingerprint density at radius 2 is 1.97 bits per heavy atom. The number of carbonyl (C=O) groups is 1. The number of amides is 2. The van der Waals surface area contributed by atoms with Crippen LogP contribution in [0.1, 0.15) is 11.3 Å². The van der Waals surface area contributed by atoms with Crippen LogP contribution < -0.4 is 15.4 Å². The molecule has 0 saturated carbocycles. The molecule has 1 fully saturated rings. The first-order valence-electron chi connectivity index (χ1n) is 10.1. The summed E-state index contributed by atoms with van der Waals surface area (Å²) in [6.07, 6.45) is 0.742.